The van der Waals surface area contributed by atoms with Crippen LogP contribution < -0.4 is 0 Å². The van der Waals surface area contributed by atoms with Gasteiger partial charge < -0.3 is 9.47 Å². The van der Waals surface area contributed by atoms with Gasteiger partial charge in [0.05, 0.1) is 24.4 Å². The van der Waals surface area contributed by atoms with Gasteiger partial charge in [-0.2, -0.15) is 36.6 Å². The molecule has 138 valence electrons. The van der Waals surface area contributed by atoms with Crippen LogP contribution in [0.25, 0.3) is 0 Å². The van der Waals surface area contributed by atoms with Crippen molar-refractivity contribution in [3.8, 4) is 0 Å². The highest BCUT2D eigenvalue weighted by molar-refractivity contribution is 5.90. The molecule has 0 amide bonds. The lowest BCUT2D eigenvalue weighted by atomic mass is 10.1. The SMILES string of the molecule is CCCOC(F)(F)C(F)(OC(=O)c1ccc2c(c1)CN=N2)C(F)(F)F. The molecule has 0 fully saturated rings. The minimum Gasteiger partial charge on any atom is -0.409 e. The Hall–Kier alpha value is -2.17. The number of esters is 1. The Kier molecular flexibility index (Phi) is 5.07. The highest BCUT2D eigenvalue weighted by Crippen LogP contribution is 2.47. The maximum absolute atomic E-state index is 14.1. The van der Waals surface area contributed by atoms with Crippen LogP contribution in [-0.2, 0) is 16.0 Å². The van der Waals surface area contributed by atoms with Crippen LogP contribution in [0, 0.1) is 0 Å². The van der Waals surface area contributed by atoms with E-state index in [1.54, 1.807) is 0 Å². The normalized spacial score (nSPS) is 16.4. The van der Waals surface area contributed by atoms with Gasteiger partial charge in [-0.3, -0.25) is 0 Å². The number of halogens is 6. The van der Waals surface area contributed by atoms with Gasteiger partial charge in [-0.1, -0.05) is 6.92 Å². The fraction of sp³-hybridized carbons (Fsp3) is 0.500. The largest absolute Gasteiger partial charge is 0.470 e. The second-order valence-electron chi connectivity index (χ2n) is 5.09. The van der Waals surface area contributed by atoms with Gasteiger partial charge in [0.2, 0.25) is 0 Å². The van der Waals surface area contributed by atoms with Crippen molar-refractivity contribution >= 4 is 11.7 Å². The highest BCUT2D eigenvalue weighted by atomic mass is 19.4. The van der Waals surface area contributed by atoms with Gasteiger partial charge >= 0.3 is 24.1 Å². The molecule has 0 radical (unpaired) electrons. The zero-order chi connectivity index (χ0) is 18.9. The average Bonchev–Trinajstić information content (AvgIpc) is 2.99. The number of fused-ring (bicyclic) bond motifs is 1. The smallest absolute Gasteiger partial charge is 0.409 e. The molecule has 0 N–H and O–H groups in total. The summed E-state index contributed by atoms with van der Waals surface area (Å²) < 4.78 is 87.2. The molecule has 1 aromatic rings. The third kappa shape index (κ3) is 3.60. The molecule has 0 saturated heterocycles. The molecule has 0 aromatic heterocycles. The lowest BCUT2D eigenvalue weighted by Crippen LogP contribution is -2.59. The molecule has 25 heavy (non-hydrogen) atoms. The summed E-state index contributed by atoms with van der Waals surface area (Å²) in [4.78, 5) is 11.8. The molecule has 0 spiro atoms. The van der Waals surface area contributed by atoms with Crippen LogP contribution in [0.5, 0.6) is 0 Å². The molecule has 1 aromatic carbocycles. The predicted octanol–water partition coefficient (Wildman–Crippen LogP) is 4.69. The third-order valence-corrected chi connectivity index (χ3v) is 3.19. The quantitative estimate of drug-likeness (QED) is 0.539. The summed E-state index contributed by atoms with van der Waals surface area (Å²) in [5.74, 6) is -7.56. The van der Waals surface area contributed by atoms with Crippen molar-refractivity contribution in [3.05, 3.63) is 29.3 Å². The number of benzene rings is 1. The number of alkyl halides is 6. The topological polar surface area (TPSA) is 60.2 Å². The molecule has 1 heterocycles. The molecular weight excluding hydrogens is 358 g/mol. The van der Waals surface area contributed by atoms with Gasteiger partial charge in [0, 0.05) is 5.56 Å². The van der Waals surface area contributed by atoms with E-state index in [1.165, 1.54) is 13.0 Å². The number of hydrogen-bond acceptors (Lipinski definition) is 5. The summed E-state index contributed by atoms with van der Waals surface area (Å²) in [6.07, 6.45) is -11.7. The predicted molar refractivity (Wildman–Crippen MR) is 71.2 cm³/mol. The van der Waals surface area contributed by atoms with Crippen LogP contribution in [0.3, 0.4) is 0 Å². The van der Waals surface area contributed by atoms with Gasteiger partial charge in [-0.15, -0.1) is 0 Å². The van der Waals surface area contributed by atoms with Crippen molar-refractivity contribution < 1.29 is 40.6 Å². The van der Waals surface area contributed by atoms with Gasteiger partial charge in [-0.05, 0) is 24.6 Å². The monoisotopic (exact) mass is 370 g/mol. The van der Waals surface area contributed by atoms with E-state index in [4.69, 9.17) is 0 Å². The molecule has 0 bridgehead atoms. The van der Waals surface area contributed by atoms with Crippen molar-refractivity contribution in [2.75, 3.05) is 6.61 Å². The molecule has 1 aliphatic heterocycles. The molecule has 2 rings (SSSR count). The van der Waals surface area contributed by atoms with Crippen LogP contribution in [0.4, 0.5) is 32.0 Å². The lowest BCUT2D eigenvalue weighted by molar-refractivity contribution is -0.444. The van der Waals surface area contributed by atoms with Crippen LogP contribution >= 0.6 is 0 Å². The highest BCUT2D eigenvalue weighted by Gasteiger charge is 2.76. The maximum Gasteiger partial charge on any atom is 0.470 e. The minimum absolute atomic E-state index is 0.0479. The summed E-state index contributed by atoms with van der Waals surface area (Å²) in [6.45, 7) is 0.511. The molecule has 11 heteroatoms. The molecule has 1 atom stereocenters. The van der Waals surface area contributed by atoms with Crippen LogP contribution in [0.1, 0.15) is 29.3 Å². The van der Waals surface area contributed by atoms with Crippen molar-refractivity contribution in [2.24, 2.45) is 10.2 Å². The maximum atomic E-state index is 14.1. The van der Waals surface area contributed by atoms with Crippen LogP contribution in [-0.4, -0.2) is 30.7 Å². The summed E-state index contributed by atoms with van der Waals surface area (Å²) in [6, 6.07) is 3.23. The fourth-order valence-electron chi connectivity index (χ4n) is 1.92. The molecule has 0 aliphatic carbocycles. The molecule has 1 aliphatic rings. The van der Waals surface area contributed by atoms with E-state index in [0.29, 0.717) is 11.3 Å². The molecular formula is C14H12F6N2O3. The molecule has 1 unspecified atom stereocenters. The van der Waals surface area contributed by atoms with Crippen molar-refractivity contribution in [1.29, 1.82) is 0 Å². The first kappa shape index (κ1) is 19.2. The first-order valence-corrected chi connectivity index (χ1v) is 7.03. The standard InChI is InChI=1S/C14H12F6N2O3/c1-2-5-24-14(19,20)12(15,13(16,17)18)25-11(23)8-3-4-10-9(6-8)7-21-22-10/h3-4,6H,2,5,7H2,1H3. The summed E-state index contributed by atoms with van der Waals surface area (Å²) in [5.41, 5.74) is 0.166. The Morgan fingerprint density at radius 1 is 1.20 bits per heavy atom. The van der Waals surface area contributed by atoms with Gasteiger partial charge in [0.25, 0.3) is 0 Å². The van der Waals surface area contributed by atoms with E-state index in [2.05, 4.69) is 19.7 Å². The first-order valence-electron chi connectivity index (χ1n) is 7.03. The minimum atomic E-state index is -6.22. The number of rotatable bonds is 6. The second-order valence-corrected chi connectivity index (χ2v) is 5.09. The molecule has 0 saturated carbocycles. The van der Waals surface area contributed by atoms with E-state index in [9.17, 15) is 31.1 Å². The summed E-state index contributed by atoms with van der Waals surface area (Å²) >= 11 is 0. The van der Waals surface area contributed by atoms with E-state index >= 15 is 0 Å². The molecule has 5 nitrogen and oxygen atoms in total. The van der Waals surface area contributed by atoms with Gasteiger partial charge in [0.1, 0.15) is 0 Å². The Balaban J connectivity index is 2.29. The third-order valence-electron chi connectivity index (χ3n) is 3.19. The van der Waals surface area contributed by atoms with E-state index in [-0.39, 0.29) is 13.0 Å². The van der Waals surface area contributed by atoms with E-state index < -0.39 is 36.3 Å². The second kappa shape index (κ2) is 6.62. The van der Waals surface area contributed by atoms with E-state index in [0.717, 1.165) is 12.1 Å². The Labute approximate surface area is 137 Å². The fourth-order valence-corrected chi connectivity index (χ4v) is 1.92. The van der Waals surface area contributed by atoms with Gasteiger partial charge in [0.15, 0.2) is 0 Å². The van der Waals surface area contributed by atoms with Crippen molar-refractivity contribution in [1.82, 2.24) is 0 Å². The van der Waals surface area contributed by atoms with Crippen LogP contribution in [0.15, 0.2) is 28.4 Å². The number of carbonyl (C=O) groups is 1. The van der Waals surface area contributed by atoms with Crippen LogP contribution in [0.2, 0.25) is 0 Å². The average molecular weight is 370 g/mol. The Morgan fingerprint density at radius 2 is 1.88 bits per heavy atom. The zero-order valence-electron chi connectivity index (χ0n) is 12.7. The number of ether oxygens (including phenoxy) is 2. The number of azo groups is 1. The van der Waals surface area contributed by atoms with Gasteiger partial charge in [-0.25, -0.2) is 4.79 Å². The Morgan fingerprint density at radius 3 is 2.48 bits per heavy atom. The zero-order valence-corrected chi connectivity index (χ0v) is 12.7. The number of carbonyl (C=O) groups excluding carboxylic acids is 1. The Bertz CT molecular complexity index is 692. The van der Waals surface area contributed by atoms with Crippen molar-refractivity contribution in [3.63, 3.8) is 0 Å². The number of nitrogens with zero attached hydrogens (tertiary/aromatic N) is 2. The van der Waals surface area contributed by atoms with Crippen molar-refractivity contribution in [2.45, 2.75) is 38.0 Å². The summed E-state index contributed by atoms with van der Waals surface area (Å²) in [7, 11) is 0. The summed E-state index contributed by atoms with van der Waals surface area (Å²) in [5, 5.41) is 7.28. The first-order chi connectivity index (χ1) is 11.5. The lowest BCUT2D eigenvalue weighted by Gasteiger charge is -2.33. The van der Waals surface area contributed by atoms with E-state index in [1.807, 2.05) is 0 Å². The number of hydrogen-bond donors (Lipinski definition) is 0.